The van der Waals surface area contributed by atoms with E-state index in [-0.39, 0.29) is 5.91 Å². The summed E-state index contributed by atoms with van der Waals surface area (Å²) in [6, 6.07) is 8.74. The van der Waals surface area contributed by atoms with Gasteiger partial charge in [0.05, 0.1) is 16.8 Å². The van der Waals surface area contributed by atoms with E-state index in [0.29, 0.717) is 10.7 Å². The fourth-order valence-corrected chi connectivity index (χ4v) is 1.05. The van der Waals surface area contributed by atoms with Gasteiger partial charge in [0.1, 0.15) is 5.92 Å². The van der Waals surface area contributed by atoms with E-state index in [2.05, 4.69) is 5.32 Å². The van der Waals surface area contributed by atoms with Crippen molar-refractivity contribution in [1.29, 1.82) is 5.26 Å². The first-order valence-electron chi connectivity index (χ1n) is 4.10. The van der Waals surface area contributed by atoms with Crippen LogP contribution in [0.3, 0.4) is 0 Å². The van der Waals surface area contributed by atoms with Crippen LogP contribution in [-0.4, -0.2) is 5.91 Å². The Morgan fingerprint density at radius 1 is 1.57 bits per heavy atom. The average molecular weight is 209 g/mol. The summed E-state index contributed by atoms with van der Waals surface area (Å²) in [6.45, 7) is 1.53. The maximum absolute atomic E-state index is 11.3. The molecule has 1 amide bonds. The van der Waals surface area contributed by atoms with Crippen molar-refractivity contribution in [3.8, 4) is 6.07 Å². The van der Waals surface area contributed by atoms with E-state index in [1.54, 1.807) is 24.3 Å². The first-order chi connectivity index (χ1) is 6.65. The molecule has 1 unspecified atom stereocenters. The molecule has 1 rings (SSSR count). The summed E-state index contributed by atoms with van der Waals surface area (Å²) < 4.78 is 0. The molecule has 1 aromatic carbocycles. The quantitative estimate of drug-likeness (QED) is 0.812. The molecule has 0 radical (unpaired) electrons. The number of nitrogens with zero attached hydrogens (tertiary/aromatic N) is 1. The summed E-state index contributed by atoms with van der Waals surface area (Å²) in [6.07, 6.45) is 0. The number of nitriles is 1. The second-order valence-corrected chi connectivity index (χ2v) is 3.23. The molecule has 1 aromatic rings. The van der Waals surface area contributed by atoms with Crippen molar-refractivity contribution in [2.24, 2.45) is 5.92 Å². The van der Waals surface area contributed by atoms with Gasteiger partial charge in [-0.15, -0.1) is 0 Å². The first-order valence-corrected chi connectivity index (χ1v) is 4.48. The normalized spacial score (nSPS) is 11.5. The van der Waals surface area contributed by atoms with Crippen LogP contribution in [0.25, 0.3) is 0 Å². The van der Waals surface area contributed by atoms with Gasteiger partial charge < -0.3 is 5.32 Å². The zero-order valence-corrected chi connectivity index (χ0v) is 8.38. The number of carbonyl (C=O) groups is 1. The molecular formula is C10H9ClN2O. The van der Waals surface area contributed by atoms with Gasteiger partial charge in [-0.3, -0.25) is 4.79 Å². The van der Waals surface area contributed by atoms with Crippen molar-refractivity contribution in [2.45, 2.75) is 6.92 Å². The molecule has 0 spiro atoms. The minimum absolute atomic E-state index is 0.347. The number of para-hydroxylation sites is 1. The highest BCUT2D eigenvalue weighted by molar-refractivity contribution is 6.33. The number of anilines is 1. The molecule has 0 aliphatic rings. The fourth-order valence-electron chi connectivity index (χ4n) is 0.862. The van der Waals surface area contributed by atoms with Gasteiger partial charge in [0, 0.05) is 0 Å². The van der Waals surface area contributed by atoms with Crippen molar-refractivity contribution >= 4 is 23.2 Å². The van der Waals surface area contributed by atoms with Crippen LogP contribution in [0.15, 0.2) is 24.3 Å². The van der Waals surface area contributed by atoms with Crippen LogP contribution in [0.4, 0.5) is 5.69 Å². The molecule has 0 bridgehead atoms. The van der Waals surface area contributed by atoms with E-state index in [1.165, 1.54) is 6.92 Å². The Kier molecular flexibility index (Phi) is 3.49. The Balaban J connectivity index is 2.76. The smallest absolute Gasteiger partial charge is 0.241 e. The Morgan fingerprint density at radius 3 is 2.79 bits per heavy atom. The second kappa shape index (κ2) is 4.64. The fraction of sp³-hybridized carbons (Fsp3) is 0.200. The van der Waals surface area contributed by atoms with Gasteiger partial charge in [0.15, 0.2) is 0 Å². The third kappa shape index (κ3) is 2.48. The summed E-state index contributed by atoms with van der Waals surface area (Å²) in [7, 11) is 0. The van der Waals surface area contributed by atoms with E-state index in [4.69, 9.17) is 16.9 Å². The molecule has 72 valence electrons. The highest BCUT2D eigenvalue weighted by Gasteiger charge is 2.12. The van der Waals surface area contributed by atoms with E-state index >= 15 is 0 Å². The summed E-state index contributed by atoms with van der Waals surface area (Å²) in [5.41, 5.74) is 0.529. The van der Waals surface area contributed by atoms with Gasteiger partial charge in [-0.2, -0.15) is 5.26 Å². The zero-order chi connectivity index (χ0) is 10.6. The Bertz CT molecular complexity index is 384. The monoisotopic (exact) mass is 208 g/mol. The van der Waals surface area contributed by atoms with Crippen LogP contribution in [0.1, 0.15) is 6.92 Å². The molecule has 3 nitrogen and oxygen atoms in total. The lowest BCUT2D eigenvalue weighted by Crippen LogP contribution is -2.19. The Labute approximate surface area is 87.3 Å². The van der Waals surface area contributed by atoms with E-state index < -0.39 is 5.92 Å². The van der Waals surface area contributed by atoms with E-state index in [1.807, 2.05) is 6.07 Å². The molecule has 0 aromatic heterocycles. The maximum atomic E-state index is 11.3. The molecule has 0 saturated heterocycles. The molecule has 14 heavy (non-hydrogen) atoms. The average Bonchev–Trinajstić information content (AvgIpc) is 2.20. The van der Waals surface area contributed by atoms with Crippen molar-refractivity contribution in [3.05, 3.63) is 29.3 Å². The zero-order valence-electron chi connectivity index (χ0n) is 7.62. The minimum atomic E-state index is -0.675. The summed E-state index contributed by atoms with van der Waals surface area (Å²) in [5.74, 6) is -1.02. The van der Waals surface area contributed by atoms with Gasteiger partial charge in [0.2, 0.25) is 5.91 Å². The molecule has 0 aliphatic heterocycles. The largest absolute Gasteiger partial charge is 0.324 e. The van der Waals surface area contributed by atoms with E-state index in [9.17, 15) is 4.79 Å². The summed E-state index contributed by atoms with van der Waals surface area (Å²) >= 11 is 5.82. The lowest BCUT2D eigenvalue weighted by molar-refractivity contribution is -0.117. The van der Waals surface area contributed by atoms with Gasteiger partial charge in [-0.05, 0) is 19.1 Å². The van der Waals surface area contributed by atoms with Gasteiger partial charge in [-0.1, -0.05) is 23.7 Å². The van der Waals surface area contributed by atoms with Crippen molar-refractivity contribution in [1.82, 2.24) is 0 Å². The molecular weight excluding hydrogens is 200 g/mol. The lowest BCUT2D eigenvalue weighted by Gasteiger charge is -2.07. The van der Waals surface area contributed by atoms with Crippen LogP contribution in [0.5, 0.6) is 0 Å². The van der Waals surface area contributed by atoms with Crippen LogP contribution in [0.2, 0.25) is 5.02 Å². The predicted octanol–water partition coefficient (Wildman–Crippen LogP) is 2.44. The van der Waals surface area contributed by atoms with Crippen LogP contribution >= 0.6 is 11.6 Å². The molecule has 0 aliphatic carbocycles. The number of carbonyl (C=O) groups excluding carboxylic acids is 1. The minimum Gasteiger partial charge on any atom is -0.324 e. The molecule has 0 saturated carbocycles. The molecule has 1 N–H and O–H groups in total. The third-order valence-corrected chi connectivity index (χ3v) is 2.05. The number of hydrogen-bond donors (Lipinski definition) is 1. The number of benzene rings is 1. The van der Waals surface area contributed by atoms with Gasteiger partial charge in [-0.25, -0.2) is 0 Å². The Hall–Kier alpha value is -1.53. The highest BCUT2D eigenvalue weighted by Crippen LogP contribution is 2.20. The Morgan fingerprint density at radius 2 is 2.21 bits per heavy atom. The van der Waals surface area contributed by atoms with E-state index in [0.717, 1.165) is 0 Å². The van der Waals surface area contributed by atoms with Crippen LogP contribution in [0, 0.1) is 17.2 Å². The maximum Gasteiger partial charge on any atom is 0.241 e. The number of hydrogen-bond acceptors (Lipinski definition) is 2. The molecule has 0 heterocycles. The van der Waals surface area contributed by atoms with Crippen molar-refractivity contribution in [3.63, 3.8) is 0 Å². The highest BCUT2D eigenvalue weighted by atomic mass is 35.5. The topological polar surface area (TPSA) is 52.9 Å². The number of rotatable bonds is 2. The number of nitrogens with one attached hydrogen (secondary N) is 1. The SMILES string of the molecule is CC(C#N)C(=O)Nc1ccccc1Cl. The predicted molar refractivity (Wildman–Crippen MR) is 54.9 cm³/mol. The van der Waals surface area contributed by atoms with Crippen molar-refractivity contribution in [2.75, 3.05) is 5.32 Å². The van der Waals surface area contributed by atoms with Crippen LogP contribution in [-0.2, 0) is 4.79 Å². The molecule has 1 atom stereocenters. The third-order valence-electron chi connectivity index (χ3n) is 1.72. The molecule has 0 fully saturated rings. The lowest BCUT2D eigenvalue weighted by atomic mass is 10.2. The van der Waals surface area contributed by atoms with Gasteiger partial charge >= 0.3 is 0 Å². The van der Waals surface area contributed by atoms with Gasteiger partial charge in [0.25, 0.3) is 0 Å². The standard InChI is InChI=1S/C10H9ClN2O/c1-7(6-12)10(14)13-9-5-3-2-4-8(9)11/h2-5,7H,1H3,(H,13,14). The first kappa shape index (κ1) is 10.6. The number of amides is 1. The number of halogens is 1. The molecule has 4 heteroatoms. The summed E-state index contributed by atoms with van der Waals surface area (Å²) in [5, 5.41) is 11.5. The van der Waals surface area contributed by atoms with Crippen molar-refractivity contribution < 1.29 is 4.79 Å². The summed E-state index contributed by atoms with van der Waals surface area (Å²) in [4.78, 5) is 11.3. The van der Waals surface area contributed by atoms with Crippen LogP contribution < -0.4 is 5.32 Å². The second-order valence-electron chi connectivity index (χ2n) is 2.82.